The molecule has 4 aliphatic carbocycles. The molecule has 0 bridgehead atoms. The Morgan fingerprint density at radius 2 is 0.624 bits per heavy atom. The minimum absolute atomic E-state index is 0.175. The number of aromatic amines is 2. The van der Waals surface area contributed by atoms with Crippen LogP contribution in [0.4, 0.5) is 23.3 Å². The Labute approximate surface area is 739 Å². The number of nitrogens with one attached hydrogen (secondary N) is 2. The van der Waals surface area contributed by atoms with Crippen LogP contribution in [0.15, 0.2) is 232 Å². The average Bonchev–Trinajstić information content (AvgIpc) is 1.62. The number of nitrogen functional groups attached to an aromatic ring is 4. The Kier molecular flexibility index (Phi) is 41.7. The minimum atomic E-state index is 0.175. The molecule has 11 aromatic heterocycles. The summed E-state index contributed by atoms with van der Waals surface area (Å²) in [6, 6.07) is 61.0. The van der Waals surface area contributed by atoms with Crippen molar-refractivity contribution in [1.82, 2.24) is 104 Å². The summed E-state index contributed by atoms with van der Waals surface area (Å²) in [5, 5.41) is 28.8. The smallest absolute Gasteiger partial charge is 0.164 e. The molecule has 4 atom stereocenters. The molecule has 4 aliphatic rings. The zero-order chi connectivity index (χ0) is 90.6. The van der Waals surface area contributed by atoms with Crippen LogP contribution in [0.25, 0.3) is 66.4 Å². The number of nitrogens with zero attached hydrogens (tertiary/aromatic N) is 19. The summed E-state index contributed by atoms with van der Waals surface area (Å²) in [7, 11) is 0. The number of imidazole rings is 1. The van der Waals surface area contributed by atoms with E-state index in [9.17, 15) is 0 Å². The molecule has 25 heteroatoms. The van der Waals surface area contributed by atoms with E-state index in [4.69, 9.17) is 43.3 Å². The molecule has 10 N–H and O–H groups in total. The first-order valence-corrected chi connectivity index (χ1v) is 44.9. The third-order valence-corrected chi connectivity index (χ3v) is 20.5. The molecule has 0 saturated carbocycles. The summed E-state index contributed by atoms with van der Waals surface area (Å²) in [6.45, 7) is 37.9. The van der Waals surface area contributed by atoms with Crippen molar-refractivity contribution < 1.29 is 0 Å². The molecule has 0 radical (unpaired) electrons. The second-order valence-corrected chi connectivity index (χ2v) is 27.2. The lowest BCUT2D eigenvalue weighted by Gasteiger charge is -2.26. The summed E-state index contributed by atoms with van der Waals surface area (Å²) in [5.41, 5.74) is 45.2. The van der Waals surface area contributed by atoms with Gasteiger partial charge in [-0.1, -0.05) is 256 Å². The maximum Gasteiger partial charge on any atom is 0.164 e. The van der Waals surface area contributed by atoms with Crippen LogP contribution in [0.3, 0.4) is 0 Å². The van der Waals surface area contributed by atoms with Gasteiger partial charge in [0, 0.05) is 30.4 Å². The van der Waals surface area contributed by atoms with E-state index in [1.165, 1.54) is 89.1 Å². The molecule has 0 amide bonds. The van der Waals surface area contributed by atoms with Gasteiger partial charge in [-0.05, 0) is 173 Å². The van der Waals surface area contributed by atoms with Crippen LogP contribution in [0.1, 0.15) is 248 Å². The zero-order valence-corrected chi connectivity index (χ0v) is 77.0. The maximum atomic E-state index is 6.23. The van der Waals surface area contributed by atoms with Crippen LogP contribution in [-0.4, -0.2) is 104 Å². The van der Waals surface area contributed by atoms with Crippen LogP contribution in [-0.2, 0) is 25.7 Å². The highest BCUT2D eigenvalue weighted by Gasteiger charge is 2.31. The van der Waals surface area contributed by atoms with E-state index in [-0.39, 0.29) is 24.2 Å². The first-order valence-electron chi connectivity index (χ1n) is 44.9. The first-order chi connectivity index (χ1) is 61.6. The number of aromatic nitrogens is 21. The maximum absolute atomic E-state index is 6.23. The van der Waals surface area contributed by atoms with Gasteiger partial charge in [-0.3, -0.25) is 10.1 Å². The molecule has 4 unspecified atom stereocenters. The fourth-order valence-electron chi connectivity index (χ4n) is 15.5. The number of hydrogen-bond donors (Lipinski definition) is 6. The molecule has 0 fully saturated rings. The highest BCUT2D eigenvalue weighted by atomic mass is 15.4. The van der Waals surface area contributed by atoms with Crippen molar-refractivity contribution in [3.63, 3.8) is 0 Å². The Morgan fingerprint density at radius 1 is 0.312 bits per heavy atom. The van der Waals surface area contributed by atoms with Gasteiger partial charge in [0.1, 0.15) is 54.3 Å². The predicted octanol–water partition coefficient (Wildman–Crippen LogP) is 23.2. The van der Waals surface area contributed by atoms with E-state index >= 15 is 0 Å². The van der Waals surface area contributed by atoms with Gasteiger partial charge in [0.15, 0.2) is 22.6 Å². The molecular formula is C100H133N25. The Hall–Kier alpha value is -13.5. The number of H-pyrrole nitrogens is 2. The topological polar surface area (TPSA) is 349 Å². The van der Waals surface area contributed by atoms with Gasteiger partial charge >= 0.3 is 0 Å². The molecule has 21 rings (SSSR count). The molecule has 0 saturated heterocycles. The number of rotatable bonds is 5. The van der Waals surface area contributed by atoms with Crippen molar-refractivity contribution >= 4 is 78.4 Å². The van der Waals surface area contributed by atoms with Gasteiger partial charge < -0.3 is 27.9 Å². The number of para-hydroxylation sites is 2. The van der Waals surface area contributed by atoms with E-state index in [1.807, 2.05) is 229 Å². The number of anilines is 4. The fourth-order valence-corrected chi connectivity index (χ4v) is 15.5. The summed E-state index contributed by atoms with van der Waals surface area (Å²) in [6.07, 6.45) is 28.2. The molecular weight excluding hydrogens is 1550 g/mol. The molecule has 6 aromatic carbocycles. The number of benzene rings is 6. The summed E-state index contributed by atoms with van der Waals surface area (Å²) >= 11 is 0. The molecule has 0 spiro atoms. The van der Waals surface area contributed by atoms with Crippen molar-refractivity contribution in [1.29, 1.82) is 0 Å². The number of fused-ring (bicyclic) bond motifs is 9. The molecule has 125 heavy (non-hydrogen) atoms. The number of hydrogen-bond acceptors (Lipinski definition) is 19. The van der Waals surface area contributed by atoms with Gasteiger partial charge in [0.2, 0.25) is 0 Å². The SMILES string of the molecule is CC.CC.CC.CC.CC.CC.CC.CC.Cc1nn(C2CCCc3ccccc32)c2ncnc(N)c12.Cc1nn(C2CCCc3ccccc32)c2ncnc(N)c12.Cc1nn(C2CCCc3ccccc32)c2ncnc(N)c12.Nc1ncnc2c1c(-c1ccccc1)nn2C1CCCc2ccccc21.c1ccc2[nH]cnc2c1.c1ccncc1.c1cn[nH]c1. The van der Waals surface area contributed by atoms with Crippen molar-refractivity contribution in [2.24, 2.45) is 0 Å². The second-order valence-electron chi connectivity index (χ2n) is 27.2. The van der Waals surface area contributed by atoms with Gasteiger partial charge in [-0.2, -0.15) is 25.5 Å². The van der Waals surface area contributed by atoms with Crippen molar-refractivity contribution in [2.75, 3.05) is 22.9 Å². The quantitative estimate of drug-likeness (QED) is 0.0932. The van der Waals surface area contributed by atoms with E-state index in [1.54, 1.807) is 31.1 Å². The first kappa shape index (κ1) is 98.7. The van der Waals surface area contributed by atoms with Crippen molar-refractivity contribution in [3.8, 4) is 11.3 Å². The number of aryl methyl sites for hydroxylation is 7. The van der Waals surface area contributed by atoms with Crippen LogP contribution >= 0.6 is 0 Å². The standard InChI is InChI=1S/C21H19N5.3C16H17N5.C7H6N2.C5H5N.C3H4N2.8C2H6/c22-20-18-19(15-8-2-1-3-9-15)25-26(21(18)24-13-23-20)17-12-6-10-14-7-4-5-11-16(14)17;3*1-10-14-15(17)18-9-19-16(14)21(20-10)13-8-4-6-11-5-2-3-7-12(11)13;1-2-4-7-6(3-1)8-5-9-7;1-2-4-6-5-3-1;1-2-4-5-3-1;8*1-2/h1-5,7-9,11,13,17H,6,10,12H2,(H2,22,23,24);3*2-3,5,7,9,13H,4,6,8H2,1H3,(H2,17,18,19);1-5H,(H,8,9);1-5H;1-3H,(H,4,5);8*1-2H3. The van der Waals surface area contributed by atoms with E-state index in [2.05, 4.69) is 162 Å². The monoisotopic (exact) mass is 1680 g/mol. The normalized spacial score (nSPS) is 14.3. The van der Waals surface area contributed by atoms with Crippen molar-refractivity contribution in [3.05, 3.63) is 294 Å². The van der Waals surface area contributed by atoms with Gasteiger partial charge in [-0.15, -0.1) is 0 Å². The molecule has 17 aromatic rings. The lowest BCUT2D eigenvalue weighted by molar-refractivity contribution is 0.458. The zero-order valence-electron chi connectivity index (χ0n) is 77.0. The van der Waals surface area contributed by atoms with Gasteiger partial charge in [0.05, 0.1) is 80.2 Å². The highest BCUT2D eigenvalue weighted by molar-refractivity contribution is 5.98. The number of pyridine rings is 1. The highest BCUT2D eigenvalue weighted by Crippen LogP contribution is 2.41. The third-order valence-electron chi connectivity index (χ3n) is 20.5. The average molecular weight is 1690 g/mol. The van der Waals surface area contributed by atoms with Crippen molar-refractivity contribution in [2.45, 2.75) is 233 Å². The van der Waals surface area contributed by atoms with E-state index in [0.29, 0.717) is 23.3 Å². The lowest BCUT2D eigenvalue weighted by atomic mass is 9.88. The summed E-state index contributed by atoms with van der Waals surface area (Å²) < 4.78 is 8.13. The largest absolute Gasteiger partial charge is 0.383 e. The Morgan fingerprint density at radius 3 is 0.936 bits per heavy atom. The molecule has 11 heterocycles. The van der Waals surface area contributed by atoms with Gasteiger partial charge in [-0.25, -0.2) is 63.6 Å². The van der Waals surface area contributed by atoms with Crippen LogP contribution < -0.4 is 22.9 Å². The Bertz CT molecular complexity index is 5480. The summed E-state index contributed by atoms with van der Waals surface area (Å²) in [4.78, 5) is 45.1. The molecule has 0 aliphatic heterocycles. The lowest BCUT2D eigenvalue weighted by Crippen LogP contribution is -2.18. The number of nitrogens with two attached hydrogens (primary N) is 4. The summed E-state index contributed by atoms with van der Waals surface area (Å²) in [5.74, 6) is 2.00. The van der Waals surface area contributed by atoms with E-state index in [0.717, 1.165) is 141 Å². The minimum Gasteiger partial charge on any atom is -0.383 e. The van der Waals surface area contributed by atoms with Crippen LogP contribution in [0.2, 0.25) is 0 Å². The molecule has 658 valence electrons. The van der Waals surface area contributed by atoms with Crippen LogP contribution in [0, 0.1) is 20.8 Å². The van der Waals surface area contributed by atoms with Gasteiger partial charge in [0.25, 0.3) is 0 Å². The fraction of sp³-hybridized carbons (Fsp3) is 0.350. The Balaban J connectivity index is 0.000000203. The predicted molar refractivity (Wildman–Crippen MR) is 518 cm³/mol. The second kappa shape index (κ2) is 52.8. The molecule has 25 nitrogen and oxygen atoms in total. The van der Waals surface area contributed by atoms with E-state index < -0.39 is 0 Å². The third kappa shape index (κ3) is 24.5. The van der Waals surface area contributed by atoms with Crippen LogP contribution in [0.5, 0.6) is 0 Å².